The summed E-state index contributed by atoms with van der Waals surface area (Å²) in [5, 5.41) is 0. The minimum absolute atomic E-state index is 0.349. The molecule has 0 spiro atoms. The first kappa shape index (κ1) is 11.6. The maximum Gasteiger partial charge on any atom is 0.0775 e. The fraction of sp³-hybridized carbons (Fsp3) is 0.667. The van der Waals surface area contributed by atoms with Gasteiger partial charge < -0.3 is 4.74 Å². The van der Waals surface area contributed by atoms with Gasteiger partial charge in [-0.05, 0) is 37.8 Å². The number of halogens is 1. The zero-order valence-corrected chi connectivity index (χ0v) is 11.8. The highest BCUT2D eigenvalue weighted by Crippen LogP contribution is 2.41. The van der Waals surface area contributed by atoms with Crippen molar-refractivity contribution >= 4 is 27.3 Å². The Morgan fingerprint density at radius 1 is 1.53 bits per heavy atom. The summed E-state index contributed by atoms with van der Waals surface area (Å²) >= 11 is 5.69. The lowest BCUT2D eigenvalue weighted by molar-refractivity contribution is 0.0940. The van der Waals surface area contributed by atoms with Gasteiger partial charge in [-0.1, -0.05) is 22.9 Å². The van der Waals surface area contributed by atoms with Crippen LogP contribution in [-0.2, 0) is 4.74 Å². The monoisotopic (exact) mass is 288 g/mol. The maximum atomic E-state index is 5.81. The van der Waals surface area contributed by atoms with Crippen LogP contribution in [0.1, 0.15) is 33.5 Å². The first-order valence-electron chi connectivity index (χ1n) is 5.42. The van der Waals surface area contributed by atoms with Gasteiger partial charge in [0.2, 0.25) is 0 Å². The van der Waals surface area contributed by atoms with Crippen molar-refractivity contribution in [2.45, 2.75) is 38.1 Å². The molecule has 84 valence electrons. The van der Waals surface area contributed by atoms with E-state index in [2.05, 4.69) is 42.8 Å². The van der Waals surface area contributed by atoms with Crippen LogP contribution in [0.5, 0.6) is 0 Å². The molecule has 2 rings (SSSR count). The van der Waals surface area contributed by atoms with Crippen molar-refractivity contribution in [1.82, 2.24) is 0 Å². The number of hydrogen-bond donors (Lipinski definition) is 0. The number of rotatable bonds is 2. The molecule has 0 amide bonds. The highest BCUT2D eigenvalue weighted by atomic mass is 79.9. The molecule has 1 nitrogen and oxygen atoms in total. The minimum atomic E-state index is 0.349. The SMILES string of the molecule is Cc1cc(C)c(C(Br)C2OCCC2C)s1. The topological polar surface area (TPSA) is 9.23 Å². The molecule has 1 fully saturated rings. The lowest BCUT2D eigenvalue weighted by Crippen LogP contribution is -2.18. The Kier molecular flexibility index (Phi) is 3.53. The smallest absolute Gasteiger partial charge is 0.0775 e. The molecule has 3 atom stereocenters. The molecule has 1 aromatic heterocycles. The first-order valence-corrected chi connectivity index (χ1v) is 7.15. The van der Waals surface area contributed by atoms with Gasteiger partial charge in [0, 0.05) is 16.4 Å². The third-order valence-corrected chi connectivity index (χ3v) is 5.58. The lowest BCUT2D eigenvalue weighted by atomic mass is 10.00. The van der Waals surface area contributed by atoms with Gasteiger partial charge in [-0.2, -0.15) is 0 Å². The summed E-state index contributed by atoms with van der Waals surface area (Å²) in [7, 11) is 0. The van der Waals surface area contributed by atoms with Gasteiger partial charge in [0.15, 0.2) is 0 Å². The third-order valence-electron chi connectivity index (χ3n) is 3.06. The Balaban J connectivity index is 2.19. The Morgan fingerprint density at radius 3 is 2.73 bits per heavy atom. The predicted molar refractivity (Wildman–Crippen MR) is 69.0 cm³/mol. The van der Waals surface area contributed by atoms with Gasteiger partial charge in [-0.15, -0.1) is 11.3 Å². The van der Waals surface area contributed by atoms with Crippen molar-refractivity contribution in [3.63, 3.8) is 0 Å². The molecule has 0 aliphatic carbocycles. The van der Waals surface area contributed by atoms with Gasteiger partial charge in [0.25, 0.3) is 0 Å². The summed E-state index contributed by atoms with van der Waals surface area (Å²) in [6.07, 6.45) is 1.54. The van der Waals surface area contributed by atoms with E-state index in [1.165, 1.54) is 21.7 Å². The van der Waals surface area contributed by atoms with Crippen LogP contribution in [-0.4, -0.2) is 12.7 Å². The quantitative estimate of drug-likeness (QED) is 0.740. The fourth-order valence-electron chi connectivity index (χ4n) is 2.17. The van der Waals surface area contributed by atoms with Crippen LogP contribution in [0.2, 0.25) is 0 Å². The van der Waals surface area contributed by atoms with Crippen LogP contribution < -0.4 is 0 Å². The van der Waals surface area contributed by atoms with Crippen LogP contribution in [0.3, 0.4) is 0 Å². The zero-order chi connectivity index (χ0) is 11.0. The summed E-state index contributed by atoms with van der Waals surface area (Å²) < 4.78 is 5.81. The second-order valence-corrected chi connectivity index (χ2v) is 6.68. The van der Waals surface area contributed by atoms with Gasteiger partial charge >= 0.3 is 0 Å². The number of thiophene rings is 1. The minimum Gasteiger partial charge on any atom is -0.376 e. The molecule has 1 aromatic rings. The van der Waals surface area contributed by atoms with E-state index >= 15 is 0 Å². The number of aryl methyl sites for hydroxylation is 2. The van der Waals surface area contributed by atoms with E-state index in [1.54, 1.807) is 0 Å². The Bertz CT molecular complexity index is 347. The van der Waals surface area contributed by atoms with E-state index in [0.717, 1.165) is 6.61 Å². The molecule has 1 aliphatic heterocycles. The van der Waals surface area contributed by atoms with Crippen molar-refractivity contribution in [3.8, 4) is 0 Å². The van der Waals surface area contributed by atoms with Crippen molar-refractivity contribution in [2.75, 3.05) is 6.61 Å². The molecule has 0 N–H and O–H groups in total. The zero-order valence-electron chi connectivity index (χ0n) is 9.42. The third kappa shape index (κ3) is 2.29. The number of hydrogen-bond acceptors (Lipinski definition) is 2. The molecule has 0 bridgehead atoms. The van der Waals surface area contributed by atoms with Crippen LogP contribution in [0, 0.1) is 19.8 Å². The van der Waals surface area contributed by atoms with Crippen LogP contribution >= 0.6 is 27.3 Å². The van der Waals surface area contributed by atoms with E-state index in [0.29, 0.717) is 16.8 Å². The van der Waals surface area contributed by atoms with E-state index in [9.17, 15) is 0 Å². The van der Waals surface area contributed by atoms with Crippen LogP contribution in [0.15, 0.2) is 6.07 Å². The second kappa shape index (κ2) is 4.56. The summed E-state index contributed by atoms with van der Waals surface area (Å²) in [6, 6.07) is 2.26. The van der Waals surface area contributed by atoms with Gasteiger partial charge in [0.1, 0.15) is 0 Å². The molecule has 0 saturated carbocycles. The molecule has 2 heterocycles. The predicted octanol–water partition coefficient (Wildman–Crippen LogP) is 4.23. The molecular formula is C12H17BrOS. The highest BCUT2D eigenvalue weighted by molar-refractivity contribution is 9.09. The summed E-state index contributed by atoms with van der Waals surface area (Å²) in [4.78, 5) is 3.19. The molecule has 0 aromatic carbocycles. The molecule has 1 saturated heterocycles. The Labute approximate surface area is 104 Å². The van der Waals surface area contributed by atoms with E-state index in [-0.39, 0.29) is 0 Å². The molecule has 15 heavy (non-hydrogen) atoms. The van der Waals surface area contributed by atoms with Gasteiger partial charge in [-0.3, -0.25) is 0 Å². The number of alkyl halides is 1. The van der Waals surface area contributed by atoms with Crippen LogP contribution in [0.4, 0.5) is 0 Å². The summed E-state index contributed by atoms with van der Waals surface area (Å²) in [6.45, 7) is 7.55. The van der Waals surface area contributed by atoms with Gasteiger partial charge in [0.05, 0.1) is 10.9 Å². The van der Waals surface area contributed by atoms with Crippen LogP contribution in [0.25, 0.3) is 0 Å². The lowest BCUT2D eigenvalue weighted by Gasteiger charge is -2.20. The molecule has 0 radical (unpaired) electrons. The van der Waals surface area contributed by atoms with Gasteiger partial charge in [-0.25, -0.2) is 0 Å². The number of ether oxygens (including phenoxy) is 1. The largest absolute Gasteiger partial charge is 0.376 e. The van der Waals surface area contributed by atoms with E-state index in [4.69, 9.17) is 4.74 Å². The molecular weight excluding hydrogens is 272 g/mol. The molecule has 3 unspecified atom stereocenters. The Morgan fingerprint density at radius 2 is 2.27 bits per heavy atom. The standard InChI is InChI=1S/C12H17BrOS/c1-7-4-5-14-11(7)10(13)12-8(2)6-9(3)15-12/h6-7,10-11H,4-5H2,1-3H3. The Hall–Kier alpha value is 0.140. The first-order chi connectivity index (χ1) is 7.09. The maximum absolute atomic E-state index is 5.81. The summed E-state index contributed by atoms with van der Waals surface area (Å²) in [5.74, 6) is 0.663. The van der Waals surface area contributed by atoms with E-state index < -0.39 is 0 Å². The molecule has 1 aliphatic rings. The molecule has 3 heteroatoms. The van der Waals surface area contributed by atoms with Crippen molar-refractivity contribution < 1.29 is 4.74 Å². The average molecular weight is 289 g/mol. The van der Waals surface area contributed by atoms with E-state index in [1.807, 2.05) is 11.3 Å². The second-order valence-electron chi connectivity index (χ2n) is 4.41. The fourth-order valence-corrected chi connectivity index (χ4v) is 4.54. The van der Waals surface area contributed by atoms with Crippen molar-refractivity contribution in [2.24, 2.45) is 5.92 Å². The summed E-state index contributed by atoms with van der Waals surface area (Å²) in [5.41, 5.74) is 1.39. The highest BCUT2D eigenvalue weighted by Gasteiger charge is 2.32. The average Bonchev–Trinajstić information content (AvgIpc) is 2.71. The van der Waals surface area contributed by atoms with Crippen molar-refractivity contribution in [1.29, 1.82) is 0 Å². The van der Waals surface area contributed by atoms with Crippen molar-refractivity contribution in [3.05, 3.63) is 21.4 Å². The normalized spacial score (nSPS) is 28.3.